The van der Waals surface area contributed by atoms with Gasteiger partial charge in [0.2, 0.25) is 5.91 Å². The lowest BCUT2D eigenvalue weighted by Crippen LogP contribution is -2.53. The zero-order valence-electron chi connectivity index (χ0n) is 16.4. The molecular weight excluding hydrogens is 328 g/mol. The molecule has 2 atom stereocenters. The fraction of sp³-hybridized carbons (Fsp3) is 0.667. The van der Waals surface area contributed by atoms with E-state index < -0.39 is 0 Å². The summed E-state index contributed by atoms with van der Waals surface area (Å²) in [5, 5.41) is 0. The maximum absolute atomic E-state index is 13.0. The molecule has 1 aliphatic heterocycles. The molecule has 1 aliphatic carbocycles. The maximum atomic E-state index is 13.0. The molecular formula is C21H32N2O3. The van der Waals surface area contributed by atoms with Gasteiger partial charge in [-0.05, 0) is 56.5 Å². The standard InChI is InChI=1S/C21H32N2O3/c1-22(17-8-4-5-9-18(17)23-12-6-7-13-23)21(24)15-16-10-11-19(25-2)20(14-16)26-3/h10-11,14,17-18H,4-9,12-13,15H2,1-3H3/t17-,18-/m1/s1. The van der Waals surface area contributed by atoms with Crippen molar-refractivity contribution in [3.8, 4) is 11.5 Å². The lowest BCUT2D eigenvalue weighted by molar-refractivity contribution is -0.133. The number of rotatable bonds is 6. The molecule has 26 heavy (non-hydrogen) atoms. The maximum Gasteiger partial charge on any atom is 0.227 e. The van der Waals surface area contributed by atoms with Gasteiger partial charge < -0.3 is 14.4 Å². The summed E-state index contributed by atoms with van der Waals surface area (Å²) in [7, 11) is 5.23. The molecule has 1 saturated heterocycles. The van der Waals surface area contributed by atoms with Crippen molar-refractivity contribution in [2.24, 2.45) is 0 Å². The van der Waals surface area contributed by atoms with Crippen molar-refractivity contribution in [2.75, 3.05) is 34.4 Å². The van der Waals surface area contributed by atoms with Crippen LogP contribution in [0.5, 0.6) is 11.5 Å². The van der Waals surface area contributed by atoms with Crippen LogP contribution in [0.1, 0.15) is 44.1 Å². The van der Waals surface area contributed by atoms with Crippen LogP contribution in [0.15, 0.2) is 18.2 Å². The number of carbonyl (C=O) groups is 1. The summed E-state index contributed by atoms with van der Waals surface area (Å²) < 4.78 is 10.6. The Balaban J connectivity index is 1.68. The van der Waals surface area contributed by atoms with E-state index in [-0.39, 0.29) is 5.91 Å². The average Bonchev–Trinajstić information content (AvgIpc) is 3.21. The molecule has 2 fully saturated rings. The largest absolute Gasteiger partial charge is 0.493 e. The molecule has 0 aromatic heterocycles. The van der Waals surface area contributed by atoms with Gasteiger partial charge in [-0.2, -0.15) is 0 Å². The third-order valence-electron chi connectivity index (χ3n) is 6.00. The molecule has 1 aromatic carbocycles. The summed E-state index contributed by atoms with van der Waals surface area (Å²) in [5.74, 6) is 1.56. The molecule has 5 nitrogen and oxygen atoms in total. The first kappa shape index (κ1) is 19.0. The number of likely N-dealkylation sites (tertiary alicyclic amines) is 1. The van der Waals surface area contributed by atoms with Gasteiger partial charge in [0.25, 0.3) is 0 Å². The molecule has 1 amide bonds. The van der Waals surface area contributed by atoms with Crippen LogP contribution in [0.25, 0.3) is 0 Å². The normalized spacial score (nSPS) is 23.7. The Morgan fingerprint density at radius 1 is 1.08 bits per heavy atom. The van der Waals surface area contributed by atoms with Crippen LogP contribution in [0, 0.1) is 0 Å². The van der Waals surface area contributed by atoms with E-state index in [1.165, 1.54) is 45.2 Å². The number of hydrogen-bond donors (Lipinski definition) is 0. The average molecular weight is 360 g/mol. The first-order valence-corrected chi connectivity index (χ1v) is 9.84. The molecule has 0 spiro atoms. The van der Waals surface area contributed by atoms with Crippen molar-refractivity contribution >= 4 is 5.91 Å². The molecule has 144 valence electrons. The summed E-state index contributed by atoms with van der Waals surface area (Å²) in [4.78, 5) is 17.6. The summed E-state index contributed by atoms with van der Waals surface area (Å²) in [5.41, 5.74) is 0.966. The summed E-state index contributed by atoms with van der Waals surface area (Å²) in [6.45, 7) is 2.39. The molecule has 2 aliphatic rings. The minimum atomic E-state index is 0.188. The van der Waals surface area contributed by atoms with Gasteiger partial charge in [0.1, 0.15) is 0 Å². The van der Waals surface area contributed by atoms with E-state index in [0.29, 0.717) is 30.0 Å². The van der Waals surface area contributed by atoms with Crippen LogP contribution < -0.4 is 9.47 Å². The van der Waals surface area contributed by atoms with Gasteiger partial charge in [0.05, 0.1) is 20.6 Å². The Kier molecular flexibility index (Phi) is 6.41. The minimum Gasteiger partial charge on any atom is -0.493 e. The van der Waals surface area contributed by atoms with Crippen molar-refractivity contribution in [3.63, 3.8) is 0 Å². The van der Waals surface area contributed by atoms with Gasteiger partial charge in [0, 0.05) is 19.1 Å². The highest BCUT2D eigenvalue weighted by atomic mass is 16.5. The molecule has 5 heteroatoms. The van der Waals surface area contributed by atoms with E-state index in [4.69, 9.17) is 9.47 Å². The third-order valence-corrected chi connectivity index (χ3v) is 6.00. The van der Waals surface area contributed by atoms with Gasteiger partial charge >= 0.3 is 0 Å². The van der Waals surface area contributed by atoms with Crippen molar-refractivity contribution in [2.45, 2.75) is 57.0 Å². The van der Waals surface area contributed by atoms with Crippen molar-refractivity contribution in [3.05, 3.63) is 23.8 Å². The van der Waals surface area contributed by atoms with Gasteiger partial charge in [0.15, 0.2) is 11.5 Å². The molecule has 1 aromatic rings. The van der Waals surface area contributed by atoms with Gasteiger partial charge in [-0.15, -0.1) is 0 Å². The Bertz CT molecular complexity index is 613. The predicted octanol–water partition coefficient (Wildman–Crippen LogP) is 3.11. The molecule has 1 heterocycles. The van der Waals surface area contributed by atoms with Crippen LogP contribution in [0.4, 0.5) is 0 Å². The second-order valence-corrected chi connectivity index (χ2v) is 7.53. The Labute approximate surface area is 157 Å². The Morgan fingerprint density at radius 3 is 2.46 bits per heavy atom. The van der Waals surface area contributed by atoms with Crippen LogP contribution in [-0.2, 0) is 11.2 Å². The fourth-order valence-electron chi connectivity index (χ4n) is 4.52. The topological polar surface area (TPSA) is 42.0 Å². The number of hydrogen-bond acceptors (Lipinski definition) is 4. The number of carbonyl (C=O) groups excluding carboxylic acids is 1. The van der Waals surface area contributed by atoms with Crippen molar-refractivity contribution in [1.29, 1.82) is 0 Å². The molecule has 1 saturated carbocycles. The number of benzene rings is 1. The van der Waals surface area contributed by atoms with Gasteiger partial charge in [-0.25, -0.2) is 0 Å². The zero-order valence-corrected chi connectivity index (χ0v) is 16.4. The summed E-state index contributed by atoms with van der Waals surface area (Å²) in [6, 6.07) is 6.60. The zero-order chi connectivity index (χ0) is 18.5. The van der Waals surface area contributed by atoms with E-state index in [2.05, 4.69) is 4.90 Å². The van der Waals surface area contributed by atoms with Gasteiger partial charge in [-0.1, -0.05) is 18.9 Å². The highest BCUT2D eigenvalue weighted by Gasteiger charge is 2.35. The van der Waals surface area contributed by atoms with E-state index in [1.807, 2.05) is 30.1 Å². The van der Waals surface area contributed by atoms with Crippen LogP contribution in [-0.4, -0.2) is 62.1 Å². The van der Waals surface area contributed by atoms with Crippen LogP contribution >= 0.6 is 0 Å². The number of nitrogens with zero attached hydrogens (tertiary/aromatic N) is 2. The Morgan fingerprint density at radius 2 is 1.77 bits per heavy atom. The summed E-state index contributed by atoms with van der Waals surface area (Å²) in [6.07, 6.45) is 7.85. The molecule has 0 unspecified atom stereocenters. The quantitative estimate of drug-likeness (QED) is 0.782. The minimum absolute atomic E-state index is 0.188. The molecule has 0 N–H and O–H groups in total. The molecule has 0 radical (unpaired) electrons. The number of likely N-dealkylation sites (N-methyl/N-ethyl adjacent to an activating group) is 1. The Hall–Kier alpha value is -1.75. The van der Waals surface area contributed by atoms with E-state index in [1.54, 1.807) is 14.2 Å². The second kappa shape index (κ2) is 8.76. The summed E-state index contributed by atoms with van der Waals surface area (Å²) >= 11 is 0. The van der Waals surface area contributed by atoms with Crippen molar-refractivity contribution < 1.29 is 14.3 Å². The monoisotopic (exact) mass is 360 g/mol. The van der Waals surface area contributed by atoms with Crippen LogP contribution in [0.2, 0.25) is 0 Å². The molecule has 3 rings (SSSR count). The highest BCUT2D eigenvalue weighted by Crippen LogP contribution is 2.30. The van der Waals surface area contributed by atoms with E-state index in [0.717, 1.165) is 12.0 Å². The predicted molar refractivity (Wildman–Crippen MR) is 103 cm³/mol. The third kappa shape index (κ3) is 4.14. The first-order valence-electron chi connectivity index (χ1n) is 9.84. The van der Waals surface area contributed by atoms with Crippen LogP contribution in [0.3, 0.4) is 0 Å². The lowest BCUT2D eigenvalue weighted by atomic mass is 9.88. The lowest BCUT2D eigenvalue weighted by Gasteiger charge is -2.42. The van der Waals surface area contributed by atoms with Crippen molar-refractivity contribution in [1.82, 2.24) is 9.80 Å². The highest BCUT2D eigenvalue weighted by molar-refractivity contribution is 5.79. The SMILES string of the molecule is COc1ccc(CC(=O)N(C)[C@@H]2CCCC[C@H]2N2CCCC2)cc1OC. The fourth-order valence-corrected chi connectivity index (χ4v) is 4.52. The molecule has 0 bridgehead atoms. The number of ether oxygens (including phenoxy) is 2. The number of methoxy groups -OCH3 is 2. The van der Waals surface area contributed by atoms with E-state index >= 15 is 0 Å². The van der Waals surface area contributed by atoms with E-state index in [9.17, 15) is 4.79 Å². The smallest absolute Gasteiger partial charge is 0.227 e. The number of amides is 1. The van der Waals surface area contributed by atoms with Gasteiger partial charge in [-0.3, -0.25) is 9.69 Å². The first-order chi connectivity index (χ1) is 12.6. The second-order valence-electron chi connectivity index (χ2n) is 7.53.